The highest BCUT2D eigenvalue weighted by molar-refractivity contribution is 7.89. The summed E-state index contributed by atoms with van der Waals surface area (Å²) < 4.78 is 50.7. The highest BCUT2D eigenvalue weighted by atomic mass is 32.2. The van der Waals surface area contributed by atoms with Crippen LogP contribution < -0.4 is 4.74 Å². The van der Waals surface area contributed by atoms with Gasteiger partial charge in [-0.3, -0.25) is 0 Å². The molecule has 32 heavy (non-hydrogen) atoms. The fraction of sp³-hybridized carbons (Fsp3) is 0.273. The van der Waals surface area contributed by atoms with Crippen LogP contribution in [-0.2, 0) is 28.0 Å². The zero-order valence-corrected chi connectivity index (χ0v) is 18.7. The summed E-state index contributed by atoms with van der Waals surface area (Å²) in [5, 5.41) is 2.43. The summed E-state index contributed by atoms with van der Waals surface area (Å²) in [5.41, 5.74) is 0.724. The van der Waals surface area contributed by atoms with Crippen LogP contribution in [-0.4, -0.2) is 36.8 Å². The number of carbonyl (C=O) groups excluding carboxylic acids is 1. The van der Waals surface area contributed by atoms with Crippen molar-refractivity contribution in [2.75, 3.05) is 13.1 Å². The minimum absolute atomic E-state index is 0.0466. The average Bonchev–Trinajstić information content (AvgIpc) is 3.50. The van der Waals surface area contributed by atoms with Crippen molar-refractivity contribution in [2.45, 2.75) is 31.0 Å². The molecule has 0 saturated carbocycles. The first kappa shape index (κ1) is 22.4. The Labute approximate surface area is 189 Å². The normalized spacial score (nSPS) is 14.4. The van der Waals surface area contributed by atoms with Crippen LogP contribution in [0.4, 0.5) is 4.39 Å². The molecule has 0 radical (unpaired) electrons. The van der Waals surface area contributed by atoms with Crippen molar-refractivity contribution in [1.82, 2.24) is 9.29 Å². The lowest BCUT2D eigenvalue weighted by atomic mass is 10.2. The van der Waals surface area contributed by atoms with E-state index in [0.717, 1.165) is 12.8 Å². The SMILES string of the molecule is O=C(OCc1csc(COc2ccc(F)cc2)n1)c1cccc(S(=O)(=O)N2CCCC2)c1. The van der Waals surface area contributed by atoms with E-state index in [0.29, 0.717) is 29.5 Å². The summed E-state index contributed by atoms with van der Waals surface area (Å²) in [5.74, 6) is -0.436. The second-order valence-corrected chi connectivity index (χ2v) is 10.1. The molecule has 4 rings (SSSR count). The van der Waals surface area contributed by atoms with E-state index < -0.39 is 16.0 Å². The Bertz CT molecular complexity index is 1190. The van der Waals surface area contributed by atoms with Gasteiger partial charge in [0.2, 0.25) is 10.0 Å². The van der Waals surface area contributed by atoms with Gasteiger partial charge in [0.1, 0.15) is 29.8 Å². The summed E-state index contributed by atoms with van der Waals surface area (Å²) in [6.07, 6.45) is 1.68. The Morgan fingerprint density at radius 2 is 1.84 bits per heavy atom. The minimum Gasteiger partial charge on any atom is -0.486 e. The summed E-state index contributed by atoms with van der Waals surface area (Å²) in [4.78, 5) is 16.9. The van der Waals surface area contributed by atoms with E-state index >= 15 is 0 Å². The van der Waals surface area contributed by atoms with Gasteiger partial charge in [-0.1, -0.05) is 6.07 Å². The van der Waals surface area contributed by atoms with Gasteiger partial charge in [0, 0.05) is 18.5 Å². The van der Waals surface area contributed by atoms with Crippen LogP contribution >= 0.6 is 11.3 Å². The van der Waals surface area contributed by atoms with Crippen LogP contribution in [0, 0.1) is 5.82 Å². The lowest BCUT2D eigenvalue weighted by Gasteiger charge is -2.15. The molecule has 2 aromatic carbocycles. The van der Waals surface area contributed by atoms with Crippen LogP contribution in [0.2, 0.25) is 0 Å². The molecule has 0 aliphatic carbocycles. The van der Waals surface area contributed by atoms with Gasteiger partial charge in [0.25, 0.3) is 0 Å². The molecule has 0 N–H and O–H groups in total. The molecule has 0 atom stereocenters. The van der Waals surface area contributed by atoms with Gasteiger partial charge < -0.3 is 9.47 Å². The maximum absolute atomic E-state index is 12.9. The van der Waals surface area contributed by atoms with E-state index in [1.807, 2.05) is 0 Å². The molecule has 7 nitrogen and oxygen atoms in total. The van der Waals surface area contributed by atoms with E-state index in [1.54, 1.807) is 5.38 Å². The third kappa shape index (κ3) is 5.32. The maximum atomic E-state index is 12.9. The van der Waals surface area contributed by atoms with E-state index in [1.165, 1.54) is 64.2 Å². The Balaban J connectivity index is 1.33. The van der Waals surface area contributed by atoms with Gasteiger partial charge in [-0.15, -0.1) is 11.3 Å². The molecular weight excluding hydrogens is 455 g/mol. The van der Waals surface area contributed by atoms with Crippen molar-refractivity contribution in [2.24, 2.45) is 0 Å². The highest BCUT2D eigenvalue weighted by Crippen LogP contribution is 2.22. The number of hydrogen-bond donors (Lipinski definition) is 0. The Kier molecular flexibility index (Phi) is 6.83. The standard InChI is InChI=1S/C22H21FN2O5S2/c23-17-6-8-19(9-7-17)29-14-21-24-18(15-31-21)13-30-22(26)16-4-3-5-20(12-16)32(27,28)25-10-1-2-11-25/h3-9,12,15H,1-2,10-11,13-14H2. The largest absolute Gasteiger partial charge is 0.486 e. The van der Waals surface area contributed by atoms with E-state index in [9.17, 15) is 17.6 Å². The number of nitrogens with zero attached hydrogens (tertiary/aromatic N) is 2. The van der Waals surface area contributed by atoms with Crippen molar-refractivity contribution < 1.29 is 27.1 Å². The third-order valence-electron chi connectivity index (χ3n) is 4.90. The van der Waals surface area contributed by atoms with Gasteiger partial charge in [-0.25, -0.2) is 22.6 Å². The van der Waals surface area contributed by atoms with Crippen molar-refractivity contribution in [3.8, 4) is 5.75 Å². The van der Waals surface area contributed by atoms with Gasteiger partial charge in [0.15, 0.2) is 0 Å². The van der Waals surface area contributed by atoms with E-state index in [2.05, 4.69) is 4.98 Å². The quantitative estimate of drug-likeness (QED) is 0.457. The van der Waals surface area contributed by atoms with Crippen molar-refractivity contribution in [3.63, 3.8) is 0 Å². The lowest BCUT2D eigenvalue weighted by molar-refractivity contribution is 0.0468. The second kappa shape index (κ2) is 9.76. The molecule has 10 heteroatoms. The topological polar surface area (TPSA) is 85.8 Å². The van der Waals surface area contributed by atoms with Crippen LogP contribution in [0.15, 0.2) is 58.8 Å². The molecule has 0 bridgehead atoms. The number of thiazole rings is 1. The fourth-order valence-electron chi connectivity index (χ4n) is 3.24. The number of esters is 1. The summed E-state index contributed by atoms with van der Waals surface area (Å²) in [7, 11) is -3.61. The average molecular weight is 477 g/mol. The molecule has 1 aliphatic rings. The molecule has 2 heterocycles. The molecule has 1 fully saturated rings. The maximum Gasteiger partial charge on any atom is 0.338 e. The van der Waals surface area contributed by atoms with Crippen LogP contribution in [0.25, 0.3) is 0 Å². The van der Waals surface area contributed by atoms with Gasteiger partial charge in [0.05, 0.1) is 16.2 Å². The predicted molar refractivity (Wildman–Crippen MR) is 116 cm³/mol. The molecule has 1 aliphatic heterocycles. The van der Waals surface area contributed by atoms with Gasteiger partial charge >= 0.3 is 5.97 Å². The molecular formula is C22H21FN2O5S2. The third-order valence-corrected chi connectivity index (χ3v) is 7.66. The smallest absolute Gasteiger partial charge is 0.338 e. The first-order valence-corrected chi connectivity index (χ1v) is 12.3. The first-order chi connectivity index (χ1) is 15.4. The zero-order valence-electron chi connectivity index (χ0n) is 17.1. The van der Waals surface area contributed by atoms with Crippen molar-refractivity contribution >= 4 is 27.3 Å². The summed E-state index contributed by atoms with van der Waals surface area (Å²) in [6.45, 7) is 1.15. The molecule has 0 unspecified atom stereocenters. The summed E-state index contributed by atoms with van der Waals surface area (Å²) >= 11 is 1.35. The zero-order chi connectivity index (χ0) is 22.6. The van der Waals surface area contributed by atoms with Crippen LogP contribution in [0.3, 0.4) is 0 Å². The monoisotopic (exact) mass is 476 g/mol. The number of sulfonamides is 1. The fourth-order valence-corrected chi connectivity index (χ4v) is 5.49. The number of carbonyl (C=O) groups is 1. The van der Waals surface area contributed by atoms with Gasteiger partial charge in [-0.05, 0) is 55.3 Å². The van der Waals surface area contributed by atoms with Crippen LogP contribution in [0.5, 0.6) is 5.75 Å². The molecule has 0 spiro atoms. The van der Waals surface area contributed by atoms with Gasteiger partial charge in [-0.2, -0.15) is 4.31 Å². The minimum atomic E-state index is -3.61. The highest BCUT2D eigenvalue weighted by Gasteiger charge is 2.27. The second-order valence-electron chi connectivity index (χ2n) is 7.19. The molecule has 0 amide bonds. The predicted octanol–water partition coefficient (Wildman–Crippen LogP) is 4.00. The first-order valence-electron chi connectivity index (χ1n) is 10.0. The number of halogens is 1. The molecule has 3 aromatic rings. The van der Waals surface area contributed by atoms with Crippen molar-refractivity contribution in [3.05, 3.63) is 76.0 Å². The Morgan fingerprint density at radius 3 is 2.59 bits per heavy atom. The number of benzene rings is 2. The molecule has 1 aromatic heterocycles. The molecule has 1 saturated heterocycles. The molecule has 168 valence electrons. The van der Waals surface area contributed by atoms with Crippen molar-refractivity contribution in [1.29, 1.82) is 0 Å². The van der Waals surface area contributed by atoms with E-state index in [-0.39, 0.29) is 29.5 Å². The lowest BCUT2D eigenvalue weighted by Crippen LogP contribution is -2.28. The number of hydrogen-bond acceptors (Lipinski definition) is 7. The number of ether oxygens (including phenoxy) is 2. The Morgan fingerprint density at radius 1 is 1.09 bits per heavy atom. The van der Waals surface area contributed by atoms with E-state index in [4.69, 9.17) is 9.47 Å². The number of rotatable bonds is 8. The summed E-state index contributed by atoms with van der Waals surface area (Å²) in [6, 6.07) is 11.6. The van der Waals surface area contributed by atoms with Crippen LogP contribution in [0.1, 0.15) is 33.9 Å². The Hall–Kier alpha value is -2.82. The number of aromatic nitrogens is 1.